The number of ether oxygens (including phenoxy) is 2. The van der Waals surface area contributed by atoms with Crippen LogP contribution in [-0.4, -0.2) is 37.7 Å². The second kappa shape index (κ2) is 9.66. The van der Waals surface area contributed by atoms with Crippen LogP contribution in [-0.2, 0) is 14.3 Å². The zero-order valence-corrected chi connectivity index (χ0v) is 15.4. The van der Waals surface area contributed by atoms with Gasteiger partial charge in [0.1, 0.15) is 5.75 Å². The van der Waals surface area contributed by atoms with Gasteiger partial charge in [0.05, 0.1) is 0 Å². The van der Waals surface area contributed by atoms with Crippen LogP contribution in [0.15, 0.2) is 12.1 Å². The number of hydrogen-bond acceptors (Lipinski definition) is 5. The van der Waals surface area contributed by atoms with E-state index in [1.165, 1.54) is 0 Å². The predicted molar refractivity (Wildman–Crippen MR) is 93.5 cm³/mol. The summed E-state index contributed by atoms with van der Waals surface area (Å²) in [6.45, 7) is 9.23. The summed E-state index contributed by atoms with van der Waals surface area (Å²) < 4.78 is 10.3. The maximum Gasteiger partial charge on any atom is 0.344 e. The Bertz CT molecular complexity index is 617. The highest BCUT2D eigenvalue weighted by atomic mass is 16.6. The highest BCUT2D eigenvalue weighted by Crippen LogP contribution is 2.24. The summed E-state index contributed by atoms with van der Waals surface area (Å²) in [5.41, 5.74) is 2.95. The van der Waals surface area contributed by atoms with Gasteiger partial charge >= 0.3 is 12.0 Å². The number of esters is 1. The zero-order valence-electron chi connectivity index (χ0n) is 15.4. The molecule has 7 nitrogen and oxygen atoms in total. The molecule has 0 aliphatic carbocycles. The average molecular weight is 350 g/mol. The van der Waals surface area contributed by atoms with Crippen LogP contribution in [0.1, 0.15) is 30.5 Å². The van der Waals surface area contributed by atoms with E-state index in [9.17, 15) is 14.4 Å². The first-order valence-corrected chi connectivity index (χ1v) is 8.13. The smallest absolute Gasteiger partial charge is 0.344 e. The number of aryl methyl sites for hydroxylation is 3. The zero-order chi connectivity index (χ0) is 19.0. The van der Waals surface area contributed by atoms with E-state index >= 15 is 0 Å². The van der Waals surface area contributed by atoms with Gasteiger partial charge in [-0.15, -0.1) is 0 Å². The monoisotopic (exact) mass is 350 g/mol. The topological polar surface area (TPSA) is 93.7 Å². The molecule has 0 saturated heterocycles. The van der Waals surface area contributed by atoms with Crippen LogP contribution in [0.4, 0.5) is 4.79 Å². The third-order valence-corrected chi connectivity index (χ3v) is 3.23. The van der Waals surface area contributed by atoms with E-state index in [4.69, 9.17) is 9.47 Å². The van der Waals surface area contributed by atoms with Crippen LogP contribution in [0.25, 0.3) is 0 Å². The van der Waals surface area contributed by atoms with Gasteiger partial charge in [-0.1, -0.05) is 31.5 Å². The minimum atomic E-state index is -0.697. The molecule has 3 amide bonds. The normalized spacial score (nSPS) is 10.3. The molecule has 0 aliphatic heterocycles. The average Bonchev–Trinajstić information content (AvgIpc) is 2.49. The number of carbonyl (C=O) groups excluding carboxylic acids is 3. The minimum Gasteiger partial charge on any atom is -0.481 e. The summed E-state index contributed by atoms with van der Waals surface area (Å²) in [5, 5.41) is 4.61. The standard InChI is InChI=1S/C18H26N2O5/c1-11(2)8-19-18(23)20-15(21)9-24-16(22)10-25-17-13(4)6-12(3)7-14(17)5/h6-7,11H,8-10H2,1-5H3,(H2,19,20,21,23). The van der Waals surface area contributed by atoms with E-state index in [0.29, 0.717) is 12.3 Å². The molecule has 0 atom stereocenters. The van der Waals surface area contributed by atoms with Gasteiger partial charge in [0.2, 0.25) is 0 Å². The van der Waals surface area contributed by atoms with Gasteiger partial charge in [0.15, 0.2) is 13.2 Å². The van der Waals surface area contributed by atoms with Crippen LogP contribution in [0.3, 0.4) is 0 Å². The molecule has 0 fully saturated rings. The molecular formula is C18H26N2O5. The van der Waals surface area contributed by atoms with Crippen molar-refractivity contribution < 1.29 is 23.9 Å². The second-order valence-electron chi connectivity index (χ2n) is 6.33. The van der Waals surface area contributed by atoms with Gasteiger partial charge in [0, 0.05) is 6.54 Å². The molecule has 0 unspecified atom stereocenters. The summed E-state index contributed by atoms with van der Waals surface area (Å²) >= 11 is 0. The van der Waals surface area contributed by atoms with Crippen molar-refractivity contribution >= 4 is 17.9 Å². The molecule has 0 bridgehead atoms. The lowest BCUT2D eigenvalue weighted by Crippen LogP contribution is -2.42. The lowest BCUT2D eigenvalue weighted by molar-refractivity contribution is -0.150. The van der Waals surface area contributed by atoms with Crippen molar-refractivity contribution in [3.63, 3.8) is 0 Å². The summed E-state index contributed by atoms with van der Waals surface area (Å²) in [6, 6.07) is 3.30. The van der Waals surface area contributed by atoms with Crippen molar-refractivity contribution in [1.29, 1.82) is 0 Å². The number of amides is 3. The second-order valence-corrected chi connectivity index (χ2v) is 6.33. The molecular weight excluding hydrogens is 324 g/mol. The fraction of sp³-hybridized carbons (Fsp3) is 0.500. The van der Waals surface area contributed by atoms with Gasteiger partial charge in [-0.25, -0.2) is 9.59 Å². The highest BCUT2D eigenvalue weighted by Gasteiger charge is 2.13. The van der Waals surface area contributed by atoms with Crippen LogP contribution in [0.5, 0.6) is 5.75 Å². The number of benzene rings is 1. The first kappa shape index (κ1) is 20.5. The molecule has 0 spiro atoms. The van der Waals surface area contributed by atoms with Crippen molar-refractivity contribution in [2.75, 3.05) is 19.8 Å². The molecule has 0 saturated carbocycles. The van der Waals surface area contributed by atoms with Crippen molar-refractivity contribution in [2.24, 2.45) is 5.92 Å². The van der Waals surface area contributed by atoms with Crippen molar-refractivity contribution in [2.45, 2.75) is 34.6 Å². The van der Waals surface area contributed by atoms with Gasteiger partial charge < -0.3 is 14.8 Å². The Labute approximate surface area is 148 Å². The number of imide groups is 1. The fourth-order valence-corrected chi connectivity index (χ4v) is 2.22. The van der Waals surface area contributed by atoms with Crippen LogP contribution < -0.4 is 15.4 Å². The summed E-state index contributed by atoms with van der Waals surface area (Å²) in [7, 11) is 0. The summed E-state index contributed by atoms with van der Waals surface area (Å²) in [5.74, 6) is -0.487. The third-order valence-electron chi connectivity index (χ3n) is 3.23. The molecule has 1 aromatic carbocycles. The Morgan fingerprint density at radius 2 is 1.64 bits per heavy atom. The Balaban J connectivity index is 2.36. The van der Waals surface area contributed by atoms with Gasteiger partial charge in [0.25, 0.3) is 5.91 Å². The summed E-state index contributed by atoms with van der Waals surface area (Å²) in [6.07, 6.45) is 0. The fourth-order valence-electron chi connectivity index (χ4n) is 2.22. The lowest BCUT2D eigenvalue weighted by Gasteiger charge is -2.13. The maximum atomic E-state index is 11.7. The number of rotatable bonds is 7. The van der Waals surface area contributed by atoms with E-state index in [1.54, 1.807) is 0 Å². The van der Waals surface area contributed by atoms with Crippen molar-refractivity contribution in [3.8, 4) is 5.75 Å². The quantitative estimate of drug-likeness (QED) is 0.734. The van der Waals surface area contributed by atoms with E-state index in [1.807, 2.05) is 46.8 Å². The molecule has 1 aromatic rings. The van der Waals surface area contributed by atoms with E-state index in [-0.39, 0.29) is 12.5 Å². The van der Waals surface area contributed by atoms with Crippen molar-refractivity contribution in [1.82, 2.24) is 10.6 Å². The number of urea groups is 1. The number of carbonyl (C=O) groups is 3. The first-order chi connectivity index (χ1) is 11.7. The molecule has 138 valence electrons. The molecule has 1 rings (SSSR count). The van der Waals surface area contributed by atoms with Gasteiger partial charge in [-0.3, -0.25) is 10.1 Å². The number of nitrogens with one attached hydrogen (secondary N) is 2. The van der Waals surface area contributed by atoms with E-state index in [0.717, 1.165) is 16.7 Å². The van der Waals surface area contributed by atoms with Gasteiger partial charge in [-0.2, -0.15) is 0 Å². The lowest BCUT2D eigenvalue weighted by atomic mass is 10.1. The van der Waals surface area contributed by atoms with Crippen LogP contribution >= 0.6 is 0 Å². The first-order valence-electron chi connectivity index (χ1n) is 8.13. The Morgan fingerprint density at radius 3 is 2.20 bits per heavy atom. The Kier molecular flexibility index (Phi) is 7.91. The molecule has 0 radical (unpaired) electrons. The molecule has 0 heterocycles. The molecule has 0 aromatic heterocycles. The van der Waals surface area contributed by atoms with E-state index in [2.05, 4.69) is 10.6 Å². The van der Waals surface area contributed by atoms with Crippen molar-refractivity contribution in [3.05, 3.63) is 28.8 Å². The minimum absolute atomic E-state index is 0.268. The largest absolute Gasteiger partial charge is 0.481 e. The predicted octanol–water partition coefficient (Wildman–Crippen LogP) is 2.02. The van der Waals surface area contributed by atoms with E-state index < -0.39 is 24.5 Å². The van der Waals surface area contributed by atoms with Crippen LogP contribution in [0.2, 0.25) is 0 Å². The SMILES string of the molecule is Cc1cc(C)c(OCC(=O)OCC(=O)NC(=O)NCC(C)C)c(C)c1. The van der Waals surface area contributed by atoms with Crippen LogP contribution in [0, 0.1) is 26.7 Å². The Morgan fingerprint density at radius 1 is 1.04 bits per heavy atom. The number of hydrogen-bond donors (Lipinski definition) is 2. The maximum absolute atomic E-state index is 11.7. The Hall–Kier alpha value is -2.57. The third kappa shape index (κ3) is 7.69. The summed E-state index contributed by atoms with van der Waals surface area (Å²) in [4.78, 5) is 34.6. The van der Waals surface area contributed by atoms with Gasteiger partial charge in [-0.05, 0) is 37.8 Å². The molecule has 2 N–H and O–H groups in total. The molecule has 25 heavy (non-hydrogen) atoms. The molecule has 0 aliphatic rings. The highest BCUT2D eigenvalue weighted by molar-refractivity contribution is 5.95. The molecule has 7 heteroatoms.